The molecule has 0 aromatic carbocycles. The SMILES string of the molecule is CC(=O)O[C@H]1C=C[C@@]2(C)C(=CC=C3C2CC[C@]2(C)C(=O)CCC32)C1. The smallest absolute Gasteiger partial charge is 0.303 e. The van der Waals surface area contributed by atoms with E-state index < -0.39 is 0 Å². The summed E-state index contributed by atoms with van der Waals surface area (Å²) in [6, 6.07) is 0. The van der Waals surface area contributed by atoms with Gasteiger partial charge in [-0.25, -0.2) is 0 Å². The van der Waals surface area contributed by atoms with Crippen molar-refractivity contribution in [2.24, 2.45) is 22.7 Å². The molecule has 0 aromatic heterocycles. The summed E-state index contributed by atoms with van der Waals surface area (Å²) >= 11 is 0. The van der Waals surface area contributed by atoms with Gasteiger partial charge in [-0.15, -0.1) is 0 Å². The first kappa shape index (κ1) is 15.9. The predicted octanol–water partition coefficient (Wildman–Crippen LogP) is 4.15. The lowest BCUT2D eigenvalue weighted by atomic mass is 9.52. The van der Waals surface area contributed by atoms with Crippen LogP contribution in [-0.2, 0) is 14.3 Å². The first-order valence-electron chi connectivity index (χ1n) is 9.15. The first-order chi connectivity index (χ1) is 11.3. The van der Waals surface area contributed by atoms with Crippen LogP contribution >= 0.6 is 0 Å². The Morgan fingerprint density at radius 1 is 1.21 bits per heavy atom. The summed E-state index contributed by atoms with van der Waals surface area (Å²) in [6.07, 6.45) is 13.3. The highest BCUT2D eigenvalue weighted by Crippen LogP contribution is 2.61. The van der Waals surface area contributed by atoms with E-state index in [0.29, 0.717) is 17.6 Å². The Balaban J connectivity index is 1.69. The maximum atomic E-state index is 12.4. The highest BCUT2D eigenvalue weighted by Gasteiger charge is 2.55. The fourth-order valence-corrected chi connectivity index (χ4v) is 5.65. The molecule has 0 aliphatic heterocycles. The van der Waals surface area contributed by atoms with Crippen LogP contribution in [0.15, 0.2) is 35.5 Å². The van der Waals surface area contributed by atoms with E-state index in [1.807, 2.05) is 0 Å². The van der Waals surface area contributed by atoms with Gasteiger partial charge in [-0.3, -0.25) is 9.59 Å². The lowest BCUT2D eigenvalue weighted by Crippen LogP contribution is -2.44. The zero-order valence-electron chi connectivity index (χ0n) is 14.8. The molecular weight excluding hydrogens is 300 g/mol. The first-order valence-corrected chi connectivity index (χ1v) is 9.15. The van der Waals surface area contributed by atoms with Crippen LogP contribution in [0.5, 0.6) is 0 Å². The molecule has 2 fully saturated rings. The van der Waals surface area contributed by atoms with Crippen LogP contribution in [0.1, 0.15) is 52.9 Å². The largest absolute Gasteiger partial charge is 0.458 e. The van der Waals surface area contributed by atoms with Gasteiger partial charge < -0.3 is 4.74 Å². The molecule has 4 aliphatic carbocycles. The fraction of sp³-hybridized carbons (Fsp3) is 0.619. The van der Waals surface area contributed by atoms with Crippen molar-refractivity contribution in [1.82, 2.24) is 0 Å². The van der Waals surface area contributed by atoms with E-state index in [2.05, 4.69) is 38.2 Å². The zero-order valence-corrected chi connectivity index (χ0v) is 14.8. The van der Waals surface area contributed by atoms with Gasteiger partial charge in [0.1, 0.15) is 11.9 Å². The molecule has 0 N–H and O–H groups in total. The van der Waals surface area contributed by atoms with E-state index in [0.717, 1.165) is 32.1 Å². The second-order valence-corrected chi connectivity index (χ2v) is 8.38. The van der Waals surface area contributed by atoms with Crippen molar-refractivity contribution in [2.45, 2.75) is 59.0 Å². The van der Waals surface area contributed by atoms with Gasteiger partial charge in [0.25, 0.3) is 0 Å². The minimum Gasteiger partial charge on any atom is -0.458 e. The van der Waals surface area contributed by atoms with Crippen molar-refractivity contribution in [3.05, 3.63) is 35.5 Å². The summed E-state index contributed by atoms with van der Waals surface area (Å²) in [5.74, 6) is 1.13. The highest BCUT2D eigenvalue weighted by molar-refractivity contribution is 5.88. The molecular formula is C21H26O3. The summed E-state index contributed by atoms with van der Waals surface area (Å²) in [5, 5.41) is 0. The summed E-state index contributed by atoms with van der Waals surface area (Å²) in [4.78, 5) is 23.7. The van der Waals surface area contributed by atoms with Gasteiger partial charge in [-0.1, -0.05) is 43.2 Å². The number of carbonyl (C=O) groups is 2. The molecule has 24 heavy (non-hydrogen) atoms. The number of carbonyl (C=O) groups excluding carboxylic acids is 2. The molecule has 2 unspecified atom stereocenters. The molecule has 0 heterocycles. The maximum absolute atomic E-state index is 12.4. The number of hydrogen-bond donors (Lipinski definition) is 0. The molecule has 0 spiro atoms. The molecule has 4 aliphatic rings. The number of ether oxygens (including phenoxy) is 1. The van der Waals surface area contributed by atoms with Crippen molar-refractivity contribution in [1.29, 1.82) is 0 Å². The Bertz CT molecular complexity index is 698. The summed E-state index contributed by atoms with van der Waals surface area (Å²) in [5.41, 5.74) is 2.71. The summed E-state index contributed by atoms with van der Waals surface area (Å²) in [6.45, 7) is 5.96. The van der Waals surface area contributed by atoms with Crippen LogP contribution < -0.4 is 0 Å². The van der Waals surface area contributed by atoms with E-state index >= 15 is 0 Å². The van der Waals surface area contributed by atoms with Gasteiger partial charge in [0, 0.05) is 30.6 Å². The van der Waals surface area contributed by atoms with Crippen molar-refractivity contribution in [3.8, 4) is 0 Å². The molecule has 5 atom stereocenters. The van der Waals surface area contributed by atoms with Crippen LogP contribution in [0.4, 0.5) is 0 Å². The van der Waals surface area contributed by atoms with Gasteiger partial charge >= 0.3 is 5.97 Å². The molecule has 3 heteroatoms. The lowest BCUT2D eigenvalue weighted by molar-refractivity contribution is -0.144. The van der Waals surface area contributed by atoms with Gasteiger partial charge in [0.15, 0.2) is 0 Å². The third-order valence-corrected chi connectivity index (χ3v) is 7.11. The van der Waals surface area contributed by atoms with Crippen molar-refractivity contribution < 1.29 is 14.3 Å². The number of esters is 1. The number of fused-ring (bicyclic) bond motifs is 5. The third-order valence-electron chi connectivity index (χ3n) is 7.11. The van der Waals surface area contributed by atoms with Crippen LogP contribution in [-0.4, -0.2) is 17.9 Å². The molecule has 0 radical (unpaired) electrons. The number of rotatable bonds is 1. The van der Waals surface area contributed by atoms with Crippen molar-refractivity contribution in [3.63, 3.8) is 0 Å². The van der Waals surface area contributed by atoms with Gasteiger partial charge in [-0.2, -0.15) is 0 Å². The average molecular weight is 326 g/mol. The van der Waals surface area contributed by atoms with Gasteiger partial charge in [0.05, 0.1) is 0 Å². The monoisotopic (exact) mass is 326 g/mol. The Kier molecular flexibility index (Phi) is 3.42. The fourth-order valence-electron chi connectivity index (χ4n) is 5.65. The standard InChI is InChI=1S/C21H26O3/c1-13(22)24-15-8-10-20(2)14(12-15)4-5-16-17-6-7-19(23)21(17,3)11-9-18(16)20/h4-5,8,10,15,17-18H,6-7,9,11-12H2,1-3H3/t15-,17?,18?,20-,21-/m0/s1. The molecule has 2 saturated carbocycles. The van der Waals surface area contributed by atoms with Gasteiger partial charge in [0.2, 0.25) is 0 Å². The highest BCUT2D eigenvalue weighted by atomic mass is 16.5. The minimum absolute atomic E-state index is 0.00764. The summed E-state index contributed by atoms with van der Waals surface area (Å²) < 4.78 is 5.39. The quantitative estimate of drug-likeness (QED) is 0.537. The second-order valence-electron chi connectivity index (χ2n) is 8.38. The zero-order chi connectivity index (χ0) is 17.1. The Hall–Kier alpha value is -1.64. The van der Waals surface area contributed by atoms with E-state index in [1.54, 1.807) is 0 Å². The number of allylic oxidation sites excluding steroid dienone is 4. The molecule has 0 bridgehead atoms. The van der Waals surface area contributed by atoms with E-state index in [9.17, 15) is 9.59 Å². The van der Waals surface area contributed by atoms with Crippen LogP contribution in [0.3, 0.4) is 0 Å². The normalized spacial score (nSPS) is 43.3. The molecule has 128 valence electrons. The Labute approximate surface area is 143 Å². The van der Waals surface area contributed by atoms with Crippen LogP contribution in [0.25, 0.3) is 0 Å². The summed E-state index contributed by atoms with van der Waals surface area (Å²) in [7, 11) is 0. The average Bonchev–Trinajstić information content (AvgIpc) is 2.83. The molecule has 0 aromatic rings. The minimum atomic E-state index is -0.223. The topological polar surface area (TPSA) is 43.4 Å². The lowest BCUT2D eigenvalue weighted by Gasteiger charge is -2.51. The molecule has 0 amide bonds. The second kappa shape index (κ2) is 5.18. The van der Waals surface area contributed by atoms with Crippen LogP contribution in [0.2, 0.25) is 0 Å². The van der Waals surface area contributed by atoms with E-state index in [4.69, 9.17) is 4.74 Å². The van der Waals surface area contributed by atoms with Gasteiger partial charge in [-0.05, 0) is 37.2 Å². The molecule has 3 nitrogen and oxygen atoms in total. The van der Waals surface area contributed by atoms with Crippen molar-refractivity contribution in [2.75, 3.05) is 0 Å². The third kappa shape index (κ3) is 2.09. The Morgan fingerprint density at radius 3 is 2.75 bits per heavy atom. The number of Topliss-reactive ketones (excluding diaryl/α,β-unsaturated/α-hetero) is 1. The van der Waals surface area contributed by atoms with Crippen molar-refractivity contribution >= 4 is 11.8 Å². The maximum Gasteiger partial charge on any atom is 0.303 e. The van der Waals surface area contributed by atoms with E-state index in [-0.39, 0.29) is 22.9 Å². The molecule has 4 rings (SSSR count). The Morgan fingerprint density at radius 2 is 2.00 bits per heavy atom. The number of hydrogen-bond acceptors (Lipinski definition) is 3. The predicted molar refractivity (Wildman–Crippen MR) is 92.1 cm³/mol. The van der Waals surface area contributed by atoms with Crippen LogP contribution in [0, 0.1) is 22.7 Å². The number of ketones is 1. The van der Waals surface area contributed by atoms with E-state index in [1.165, 1.54) is 18.1 Å². The molecule has 0 saturated heterocycles.